The Kier molecular flexibility index (Phi) is 5.51. The highest BCUT2D eigenvalue weighted by molar-refractivity contribution is 6.30. The van der Waals surface area contributed by atoms with Gasteiger partial charge in [0, 0.05) is 23.3 Å². The van der Waals surface area contributed by atoms with Gasteiger partial charge in [0.15, 0.2) is 0 Å². The molecule has 0 bridgehead atoms. The summed E-state index contributed by atoms with van der Waals surface area (Å²) in [6, 6.07) is 5.23. The van der Waals surface area contributed by atoms with Gasteiger partial charge in [0.25, 0.3) is 0 Å². The second-order valence-electron chi connectivity index (χ2n) is 4.20. The summed E-state index contributed by atoms with van der Waals surface area (Å²) in [7, 11) is 0. The molecule has 0 aliphatic rings. The first-order chi connectivity index (χ1) is 8.88. The lowest BCUT2D eigenvalue weighted by Gasteiger charge is -2.08. The van der Waals surface area contributed by atoms with Gasteiger partial charge in [-0.2, -0.15) is 5.10 Å². The van der Waals surface area contributed by atoms with Gasteiger partial charge in [0.05, 0.1) is 6.42 Å². The first-order valence-electron chi connectivity index (χ1n) is 5.74. The van der Waals surface area contributed by atoms with Gasteiger partial charge >= 0.3 is 0 Å². The standard InChI is InChI=1S/C13H16ClN3O2/c1-8-6-11(14)4-5-12(8)15-13(19)7-9(2)16-17-10(3)18/h4-6H,7H2,1-3H3,(H,15,19)(H,17,18)/b16-9+. The van der Waals surface area contributed by atoms with E-state index in [4.69, 9.17) is 11.6 Å². The van der Waals surface area contributed by atoms with E-state index in [2.05, 4.69) is 15.8 Å². The van der Waals surface area contributed by atoms with Gasteiger partial charge in [-0.15, -0.1) is 0 Å². The molecule has 2 N–H and O–H groups in total. The molecule has 0 saturated carbocycles. The minimum atomic E-state index is -0.270. The fraction of sp³-hybridized carbons (Fsp3) is 0.308. The number of anilines is 1. The topological polar surface area (TPSA) is 70.6 Å². The number of benzene rings is 1. The second-order valence-corrected chi connectivity index (χ2v) is 4.64. The Morgan fingerprint density at radius 1 is 1.32 bits per heavy atom. The van der Waals surface area contributed by atoms with Gasteiger partial charge in [0.1, 0.15) is 0 Å². The maximum atomic E-state index is 11.8. The lowest BCUT2D eigenvalue weighted by Crippen LogP contribution is -2.19. The van der Waals surface area contributed by atoms with Crippen molar-refractivity contribution in [1.29, 1.82) is 0 Å². The van der Waals surface area contributed by atoms with Crippen LogP contribution in [0, 0.1) is 6.92 Å². The first kappa shape index (κ1) is 15.2. The van der Waals surface area contributed by atoms with Crippen LogP contribution in [0.1, 0.15) is 25.8 Å². The van der Waals surface area contributed by atoms with E-state index in [-0.39, 0.29) is 18.2 Å². The number of carbonyl (C=O) groups excluding carboxylic acids is 2. The second kappa shape index (κ2) is 6.89. The van der Waals surface area contributed by atoms with Crippen molar-refractivity contribution in [3.05, 3.63) is 28.8 Å². The van der Waals surface area contributed by atoms with E-state index >= 15 is 0 Å². The molecule has 19 heavy (non-hydrogen) atoms. The number of hydrogen-bond acceptors (Lipinski definition) is 3. The summed E-state index contributed by atoms with van der Waals surface area (Å²) in [6.07, 6.45) is 0.113. The molecule has 0 radical (unpaired) electrons. The molecule has 0 aromatic heterocycles. The number of hydrogen-bond donors (Lipinski definition) is 2. The van der Waals surface area contributed by atoms with Crippen LogP contribution in [0.4, 0.5) is 5.69 Å². The highest BCUT2D eigenvalue weighted by Crippen LogP contribution is 2.19. The lowest BCUT2D eigenvalue weighted by atomic mass is 10.2. The highest BCUT2D eigenvalue weighted by atomic mass is 35.5. The summed E-state index contributed by atoms with van der Waals surface area (Å²) in [6.45, 7) is 4.89. The molecule has 1 rings (SSSR count). The predicted molar refractivity (Wildman–Crippen MR) is 76.4 cm³/mol. The quantitative estimate of drug-likeness (QED) is 0.657. The average molecular weight is 282 g/mol. The minimum absolute atomic E-state index is 0.113. The van der Waals surface area contributed by atoms with E-state index in [1.165, 1.54) is 6.92 Å². The fourth-order valence-corrected chi connectivity index (χ4v) is 1.63. The van der Waals surface area contributed by atoms with E-state index in [9.17, 15) is 9.59 Å². The number of rotatable bonds is 4. The van der Waals surface area contributed by atoms with Gasteiger partial charge < -0.3 is 5.32 Å². The van der Waals surface area contributed by atoms with Crippen molar-refractivity contribution in [2.24, 2.45) is 5.10 Å². The van der Waals surface area contributed by atoms with Crippen LogP contribution in [-0.2, 0) is 9.59 Å². The van der Waals surface area contributed by atoms with Gasteiger partial charge in [-0.3, -0.25) is 9.59 Å². The summed E-state index contributed by atoms with van der Waals surface area (Å²) in [4.78, 5) is 22.4. The van der Waals surface area contributed by atoms with Crippen molar-refractivity contribution in [2.45, 2.75) is 27.2 Å². The van der Waals surface area contributed by atoms with Gasteiger partial charge in [0.2, 0.25) is 11.8 Å². The molecule has 0 saturated heterocycles. The van der Waals surface area contributed by atoms with Crippen LogP contribution in [0.15, 0.2) is 23.3 Å². The number of carbonyl (C=O) groups is 2. The molecule has 5 nitrogen and oxygen atoms in total. The zero-order valence-corrected chi connectivity index (χ0v) is 11.8. The van der Waals surface area contributed by atoms with Crippen LogP contribution in [-0.4, -0.2) is 17.5 Å². The number of nitrogens with zero attached hydrogens (tertiary/aromatic N) is 1. The zero-order chi connectivity index (χ0) is 14.4. The summed E-state index contributed by atoms with van der Waals surface area (Å²) in [5.41, 5.74) is 4.41. The zero-order valence-electron chi connectivity index (χ0n) is 11.1. The predicted octanol–water partition coefficient (Wildman–Crippen LogP) is 2.49. The van der Waals surface area contributed by atoms with Crippen molar-refractivity contribution < 1.29 is 9.59 Å². The lowest BCUT2D eigenvalue weighted by molar-refractivity contribution is -0.119. The molecule has 6 heteroatoms. The third-order valence-electron chi connectivity index (χ3n) is 2.28. The first-order valence-corrected chi connectivity index (χ1v) is 6.12. The van der Waals surface area contributed by atoms with Crippen molar-refractivity contribution in [3.63, 3.8) is 0 Å². The third-order valence-corrected chi connectivity index (χ3v) is 2.52. The normalized spacial score (nSPS) is 11.1. The molecule has 0 spiro atoms. The highest BCUT2D eigenvalue weighted by Gasteiger charge is 2.07. The smallest absolute Gasteiger partial charge is 0.236 e. The Labute approximate surface area is 117 Å². The summed E-state index contributed by atoms with van der Waals surface area (Å²) in [5.74, 6) is -0.467. The van der Waals surface area contributed by atoms with Crippen LogP contribution < -0.4 is 10.7 Å². The fourth-order valence-electron chi connectivity index (χ4n) is 1.41. The van der Waals surface area contributed by atoms with E-state index in [1.807, 2.05) is 6.92 Å². The van der Waals surface area contributed by atoms with Gasteiger partial charge in [-0.25, -0.2) is 5.43 Å². The molecule has 0 aliphatic heterocycles. The monoisotopic (exact) mass is 281 g/mol. The SMILES string of the molecule is CC(=O)N/N=C(\C)CC(=O)Nc1ccc(Cl)cc1C. The summed E-state index contributed by atoms with van der Waals surface area (Å²) in [5, 5.41) is 7.17. The molecular weight excluding hydrogens is 266 g/mol. The van der Waals surface area contributed by atoms with E-state index in [0.29, 0.717) is 16.4 Å². The third kappa shape index (κ3) is 5.52. The molecule has 0 fully saturated rings. The molecular formula is C13H16ClN3O2. The van der Waals surface area contributed by atoms with Crippen LogP contribution in [0.3, 0.4) is 0 Å². The maximum Gasteiger partial charge on any atom is 0.236 e. The van der Waals surface area contributed by atoms with E-state index in [0.717, 1.165) is 5.56 Å². The van der Waals surface area contributed by atoms with Crippen LogP contribution in [0.2, 0.25) is 5.02 Å². The van der Waals surface area contributed by atoms with Crippen molar-refractivity contribution in [2.75, 3.05) is 5.32 Å². The minimum Gasteiger partial charge on any atom is -0.326 e. The van der Waals surface area contributed by atoms with Crippen LogP contribution >= 0.6 is 11.6 Å². The van der Waals surface area contributed by atoms with E-state index < -0.39 is 0 Å². The average Bonchev–Trinajstić information content (AvgIpc) is 2.30. The molecule has 102 valence electrons. The van der Waals surface area contributed by atoms with Crippen molar-refractivity contribution in [3.8, 4) is 0 Å². The number of aryl methyl sites for hydroxylation is 1. The maximum absolute atomic E-state index is 11.8. The largest absolute Gasteiger partial charge is 0.326 e. The molecule has 1 aromatic carbocycles. The van der Waals surface area contributed by atoms with E-state index in [1.54, 1.807) is 25.1 Å². The van der Waals surface area contributed by atoms with Gasteiger partial charge in [-0.1, -0.05) is 11.6 Å². The number of nitrogens with one attached hydrogen (secondary N) is 2. The molecule has 0 atom stereocenters. The Morgan fingerprint density at radius 3 is 2.58 bits per heavy atom. The van der Waals surface area contributed by atoms with Crippen LogP contribution in [0.25, 0.3) is 0 Å². The molecule has 1 aromatic rings. The Bertz CT molecular complexity index is 527. The van der Waals surface area contributed by atoms with Crippen molar-refractivity contribution >= 4 is 34.8 Å². The molecule has 2 amide bonds. The summed E-state index contributed by atoms with van der Waals surface area (Å²) < 4.78 is 0. The molecule has 0 unspecified atom stereocenters. The van der Waals surface area contributed by atoms with Crippen molar-refractivity contribution in [1.82, 2.24) is 5.43 Å². The Morgan fingerprint density at radius 2 is 2.00 bits per heavy atom. The molecule has 0 heterocycles. The van der Waals surface area contributed by atoms with Gasteiger partial charge in [-0.05, 0) is 37.6 Å². The number of hydrazone groups is 1. The Hall–Kier alpha value is -1.88. The molecule has 0 aliphatic carbocycles. The van der Waals surface area contributed by atoms with Crippen LogP contribution in [0.5, 0.6) is 0 Å². The summed E-state index contributed by atoms with van der Waals surface area (Å²) >= 11 is 5.84. The number of halogens is 1. The Balaban J connectivity index is 2.60. The number of amides is 2.